The van der Waals surface area contributed by atoms with Gasteiger partial charge >= 0.3 is 6.09 Å². The van der Waals surface area contributed by atoms with E-state index in [-0.39, 0.29) is 12.0 Å². The molecule has 1 unspecified atom stereocenters. The summed E-state index contributed by atoms with van der Waals surface area (Å²) in [7, 11) is 0. The van der Waals surface area contributed by atoms with E-state index in [0.717, 1.165) is 33.7 Å². The Balaban J connectivity index is 1.68. The summed E-state index contributed by atoms with van der Waals surface area (Å²) >= 11 is 3.65. The first kappa shape index (κ1) is 20.8. The number of aliphatic imine (C=N–C) groups is 1. The number of amides is 1. The highest BCUT2D eigenvalue weighted by Crippen LogP contribution is 2.41. The largest absolute Gasteiger partial charge is 0.493 e. The van der Waals surface area contributed by atoms with E-state index in [0.29, 0.717) is 26.1 Å². The van der Waals surface area contributed by atoms with E-state index in [1.807, 2.05) is 39.0 Å². The number of fused-ring (bicyclic) bond motifs is 1. The number of carbonyl (C=O) groups is 1. The van der Waals surface area contributed by atoms with Crippen LogP contribution in [0, 0.1) is 0 Å². The standard InChI is InChI=1S/C23H26BrN3O3/c1-23(2,3)30-22(28)27-10-9-26-20(27)14-17(19-6-4-5-8-25-19)18-13-16(24)12-15-7-11-29-21(15)18/h4-6,8,12-13,17H,7,9-11,14H2,1-3H3. The quantitative estimate of drug-likeness (QED) is 0.632. The molecular formula is C23H26BrN3O3. The van der Waals surface area contributed by atoms with Gasteiger partial charge in [-0.05, 0) is 50.6 Å². The third kappa shape index (κ3) is 4.51. The summed E-state index contributed by atoms with van der Waals surface area (Å²) in [5.41, 5.74) is 2.63. The maximum absolute atomic E-state index is 12.7. The van der Waals surface area contributed by atoms with Crippen LogP contribution in [0.2, 0.25) is 0 Å². The fourth-order valence-corrected chi connectivity index (χ4v) is 4.40. The van der Waals surface area contributed by atoms with Gasteiger partial charge in [-0.2, -0.15) is 0 Å². The van der Waals surface area contributed by atoms with Gasteiger partial charge < -0.3 is 9.47 Å². The lowest BCUT2D eigenvalue weighted by Gasteiger charge is -2.27. The molecule has 0 aliphatic carbocycles. The first-order valence-corrected chi connectivity index (χ1v) is 11.0. The summed E-state index contributed by atoms with van der Waals surface area (Å²) in [6, 6.07) is 10.1. The van der Waals surface area contributed by atoms with Gasteiger partial charge in [0, 0.05) is 40.7 Å². The average Bonchev–Trinajstić information content (AvgIpc) is 3.34. The number of halogens is 1. The number of ether oxygens (including phenoxy) is 2. The molecule has 0 saturated heterocycles. The highest BCUT2D eigenvalue weighted by Gasteiger charge is 2.33. The second-order valence-corrected chi connectivity index (χ2v) is 9.44. The van der Waals surface area contributed by atoms with Crippen molar-refractivity contribution in [1.29, 1.82) is 0 Å². The van der Waals surface area contributed by atoms with Crippen molar-refractivity contribution in [2.75, 3.05) is 19.7 Å². The lowest BCUT2D eigenvalue weighted by molar-refractivity contribution is 0.0381. The number of aromatic nitrogens is 1. The number of carbonyl (C=O) groups excluding carboxylic acids is 1. The molecule has 7 heteroatoms. The van der Waals surface area contributed by atoms with Gasteiger partial charge in [0.15, 0.2) is 0 Å². The summed E-state index contributed by atoms with van der Waals surface area (Å²) in [6.45, 7) is 7.41. The lowest BCUT2D eigenvalue weighted by atomic mass is 9.89. The van der Waals surface area contributed by atoms with E-state index in [4.69, 9.17) is 9.47 Å². The number of hydrogen-bond donors (Lipinski definition) is 0. The Morgan fingerprint density at radius 1 is 1.33 bits per heavy atom. The van der Waals surface area contributed by atoms with Crippen molar-refractivity contribution < 1.29 is 14.3 Å². The topological polar surface area (TPSA) is 64.0 Å². The summed E-state index contributed by atoms with van der Waals surface area (Å²) in [5.74, 6) is 1.57. The third-order valence-electron chi connectivity index (χ3n) is 5.13. The lowest BCUT2D eigenvalue weighted by Crippen LogP contribution is -2.39. The Bertz CT molecular complexity index is 970. The van der Waals surface area contributed by atoms with Crippen LogP contribution in [0.15, 0.2) is 46.0 Å². The molecule has 1 amide bonds. The average molecular weight is 472 g/mol. The van der Waals surface area contributed by atoms with Crippen LogP contribution in [0.25, 0.3) is 0 Å². The molecule has 1 aromatic carbocycles. The number of amidine groups is 1. The van der Waals surface area contributed by atoms with Gasteiger partial charge in [-0.25, -0.2) is 4.79 Å². The van der Waals surface area contributed by atoms with Crippen molar-refractivity contribution in [2.45, 2.75) is 45.1 Å². The van der Waals surface area contributed by atoms with E-state index in [1.165, 1.54) is 5.56 Å². The van der Waals surface area contributed by atoms with Crippen LogP contribution in [0.1, 0.15) is 49.9 Å². The minimum Gasteiger partial charge on any atom is -0.493 e. The van der Waals surface area contributed by atoms with E-state index in [1.54, 1.807) is 11.1 Å². The molecule has 0 N–H and O–H groups in total. The second kappa shape index (κ2) is 8.38. The Morgan fingerprint density at radius 2 is 2.17 bits per heavy atom. The fourth-order valence-electron chi connectivity index (χ4n) is 3.88. The third-order valence-corrected chi connectivity index (χ3v) is 5.59. The van der Waals surface area contributed by atoms with Gasteiger partial charge in [-0.1, -0.05) is 22.0 Å². The molecule has 4 rings (SSSR count). The van der Waals surface area contributed by atoms with Crippen molar-refractivity contribution in [3.63, 3.8) is 0 Å². The summed E-state index contributed by atoms with van der Waals surface area (Å²) < 4.78 is 12.6. The van der Waals surface area contributed by atoms with Crippen molar-refractivity contribution in [3.8, 4) is 5.75 Å². The van der Waals surface area contributed by atoms with Crippen molar-refractivity contribution in [3.05, 3.63) is 57.8 Å². The highest BCUT2D eigenvalue weighted by molar-refractivity contribution is 9.10. The molecule has 2 aliphatic rings. The van der Waals surface area contributed by atoms with Gasteiger partial charge in [0.2, 0.25) is 0 Å². The number of pyridine rings is 1. The van der Waals surface area contributed by atoms with Crippen LogP contribution in [-0.4, -0.2) is 47.1 Å². The van der Waals surface area contributed by atoms with Crippen LogP contribution in [0.4, 0.5) is 4.79 Å². The van der Waals surface area contributed by atoms with E-state index in [2.05, 4.69) is 38.0 Å². The predicted molar refractivity (Wildman–Crippen MR) is 119 cm³/mol. The number of benzene rings is 1. The zero-order chi connectivity index (χ0) is 21.3. The molecule has 0 radical (unpaired) electrons. The molecule has 3 heterocycles. The van der Waals surface area contributed by atoms with E-state index in [9.17, 15) is 4.79 Å². The Hall–Kier alpha value is -2.41. The van der Waals surface area contributed by atoms with Gasteiger partial charge in [-0.3, -0.25) is 14.9 Å². The van der Waals surface area contributed by atoms with E-state index >= 15 is 0 Å². The van der Waals surface area contributed by atoms with Crippen molar-refractivity contribution >= 4 is 27.9 Å². The summed E-state index contributed by atoms with van der Waals surface area (Å²) in [5, 5.41) is 0. The molecule has 30 heavy (non-hydrogen) atoms. The zero-order valence-electron chi connectivity index (χ0n) is 17.5. The molecule has 0 fully saturated rings. The monoisotopic (exact) mass is 471 g/mol. The molecule has 0 saturated carbocycles. The molecule has 0 spiro atoms. The van der Waals surface area contributed by atoms with Gasteiger partial charge in [0.25, 0.3) is 0 Å². The van der Waals surface area contributed by atoms with Crippen molar-refractivity contribution in [1.82, 2.24) is 9.88 Å². The molecule has 158 valence electrons. The van der Waals surface area contributed by atoms with Crippen LogP contribution < -0.4 is 4.74 Å². The summed E-state index contributed by atoms with van der Waals surface area (Å²) in [6.07, 6.45) is 2.88. The Morgan fingerprint density at radius 3 is 2.90 bits per heavy atom. The number of rotatable bonds is 4. The van der Waals surface area contributed by atoms with Gasteiger partial charge in [0.05, 0.1) is 19.7 Å². The van der Waals surface area contributed by atoms with E-state index < -0.39 is 5.60 Å². The predicted octanol–water partition coefficient (Wildman–Crippen LogP) is 4.95. The first-order valence-electron chi connectivity index (χ1n) is 10.2. The van der Waals surface area contributed by atoms with Gasteiger partial charge in [0.1, 0.15) is 17.2 Å². The maximum Gasteiger partial charge on any atom is 0.415 e. The van der Waals surface area contributed by atoms with Crippen LogP contribution >= 0.6 is 15.9 Å². The molecule has 1 atom stereocenters. The molecule has 2 aromatic rings. The van der Waals surface area contributed by atoms with Crippen LogP contribution in [0.3, 0.4) is 0 Å². The zero-order valence-corrected chi connectivity index (χ0v) is 19.1. The SMILES string of the molecule is CC(C)(C)OC(=O)N1CCN=C1CC(c1ccccn1)c1cc(Br)cc2c1OCC2. The molecule has 1 aromatic heterocycles. The minimum absolute atomic E-state index is 0.0858. The molecule has 6 nitrogen and oxygen atoms in total. The maximum atomic E-state index is 12.7. The Labute approximate surface area is 185 Å². The number of nitrogens with zero attached hydrogens (tertiary/aromatic N) is 3. The number of hydrogen-bond acceptors (Lipinski definition) is 5. The Kier molecular flexibility index (Phi) is 5.82. The van der Waals surface area contributed by atoms with Crippen LogP contribution in [0.5, 0.6) is 5.75 Å². The summed E-state index contributed by atoms with van der Waals surface area (Å²) in [4.78, 5) is 23.7. The highest BCUT2D eigenvalue weighted by atomic mass is 79.9. The fraction of sp³-hybridized carbons (Fsp3) is 0.435. The first-order chi connectivity index (χ1) is 14.3. The minimum atomic E-state index is -0.551. The van der Waals surface area contributed by atoms with Crippen LogP contribution in [-0.2, 0) is 11.2 Å². The smallest absolute Gasteiger partial charge is 0.415 e. The second-order valence-electron chi connectivity index (χ2n) is 8.52. The van der Waals surface area contributed by atoms with Gasteiger partial charge in [-0.15, -0.1) is 0 Å². The molecular weight excluding hydrogens is 446 g/mol. The normalized spacial score (nSPS) is 16.7. The molecule has 0 bridgehead atoms. The van der Waals surface area contributed by atoms with Crippen molar-refractivity contribution in [2.24, 2.45) is 4.99 Å². The molecule has 2 aliphatic heterocycles.